The minimum atomic E-state index is -4.61. The maximum atomic E-state index is 12.6. The van der Waals surface area contributed by atoms with Gasteiger partial charge < -0.3 is 10.4 Å². The first-order valence-electron chi connectivity index (χ1n) is 6.56. The predicted molar refractivity (Wildman–Crippen MR) is 87.7 cm³/mol. The Hall–Kier alpha value is -2.27. The van der Waals surface area contributed by atoms with E-state index in [1.165, 1.54) is 24.5 Å². The third-order valence-corrected chi connectivity index (χ3v) is 3.43. The van der Waals surface area contributed by atoms with E-state index >= 15 is 0 Å². The fourth-order valence-corrected chi connectivity index (χ4v) is 2.42. The van der Waals surface area contributed by atoms with Crippen LogP contribution in [0.15, 0.2) is 30.6 Å². The zero-order valence-electron chi connectivity index (χ0n) is 12.1. The number of carbonyl (C=O) groups is 1. The lowest BCUT2D eigenvalue weighted by molar-refractivity contribution is 0.103. The molecule has 0 aliphatic rings. The molecule has 0 aliphatic heterocycles. The normalized spacial score (nSPS) is 11.1. The number of ketones is 1. The molecular weight excluding hydrogens is 360 g/mol. The summed E-state index contributed by atoms with van der Waals surface area (Å²) in [7, 11) is -4.61. The minimum absolute atomic E-state index is 0.0812. The number of aromatic nitrogens is 2. The molecule has 0 saturated carbocycles. The van der Waals surface area contributed by atoms with Gasteiger partial charge in [-0.1, -0.05) is 11.6 Å². The molecule has 0 atom stereocenters. The highest BCUT2D eigenvalue weighted by atomic mass is 35.5. The van der Waals surface area contributed by atoms with Gasteiger partial charge in [0.25, 0.3) is 0 Å². The molecule has 0 radical (unpaired) electrons. The van der Waals surface area contributed by atoms with Crippen LogP contribution in [0.3, 0.4) is 0 Å². The average molecular weight is 373 g/mol. The lowest BCUT2D eigenvalue weighted by Crippen LogP contribution is -2.16. The molecule has 2 rings (SSSR count). The number of nitrogens with zero attached hydrogens (tertiary/aromatic N) is 2. The van der Waals surface area contributed by atoms with Crippen molar-refractivity contribution in [3.05, 3.63) is 46.9 Å². The Morgan fingerprint density at radius 1 is 1.29 bits per heavy atom. The molecule has 9 nitrogen and oxygen atoms in total. The van der Waals surface area contributed by atoms with Crippen LogP contribution >= 0.6 is 11.6 Å². The fraction of sp³-hybridized carbons (Fsp3) is 0.154. The SMILES string of the molecule is O=C(c1ccnc(NCCO)c1)c1ncc(Cl)cc1NS(=O)(=O)O. The molecular formula is C13H13ClN4O5S. The molecule has 0 unspecified atom stereocenters. The highest BCUT2D eigenvalue weighted by molar-refractivity contribution is 7.87. The second-order valence-corrected chi connectivity index (χ2v) is 6.13. The van der Waals surface area contributed by atoms with Gasteiger partial charge in [0.2, 0.25) is 5.78 Å². The van der Waals surface area contributed by atoms with Gasteiger partial charge in [0.1, 0.15) is 11.5 Å². The van der Waals surface area contributed by atoms with Crippen molar-refractivity contribution < 1.29 is 22.9 Å². The number of hydrogen-bond acceptors (Lipinski definition) is 7. The molecule has 0 bridgehead atoms. The number of nitrogens with one attached hydrogen (secondary N) is 2. The van der Waals surface area contributed by atoms with Crippen molar-refractivity contribution in [2.75, 3.05) is 23.2 Å². The quantitative estimate of drug-likeness (QED) is 0.416. The molecule has 11 heteroatoms. The Balaban J connectivity index is 2.39. The van der Waals surface area contributed by atoms with Crippen LogP contribution in [0.1, 0.15) is 16.1 Å². The summed E-state index contributed by atoms with van der Waals surface area (Å²) in [4.78, 5) is 20.4. The van der Waals surface area contributed by atoms with Crippen LogP contribution in [-0.4, -0.2) is 47.0 Å². The van der Waals surface area contributed by atoms with E-state index in [1.54, 1.807) is 4.72 Å². The van der Waals surface area contributed by atoms with Gasteiger partial charge in [0.05, 0.1) is 17.3 Å². The minimum Gasteiger partial charge on any atom is -0.395 e. The van der Waals surface area contributed by atoms with Gasteiger partial charge in [-0.3, -0.25) is 14.1 Å². The summed E-state index contributed by atoms with van der Waals surface area (Å²) >= 11 is 5.74. The Bertz CT molecular complexity index is 859. The van der Waals surface area contributed by atoms with Crippen LogP contribution in [0.2, 0.25) is 5.02 Å². The first kappa shape index (κ1) is 18.1. The molecule has 2 aromatic rings. The number of halogens is 1. The molecule has 24 heavy (non-hydrogen) atoms. The van der Waals surface area contributed by atoms with Crippen molar-refractivity contribution in [3.8, 4) is 0 Å². The van der Waals surface area contributed by atoms with E-state index in [0.717, 1.165) is 6.07 Å². The molecule has 128 valence electrons. The van der Waals surface area contributed by atoms with E-state index in [4.69, 9.17) is 21.3 Å². The van der Waals surface area contributed by atoms with Gasteiger partial charge in [0, 0.05) is 24.5 Å². The van der Waals surface area contributed by atoms with Crippen molar-refractivity contribution in [2.45, 2.75) is 0 Å². The van der Waals surface area contributed by atoms with Crippen molar-refractivity contribution in [3.63, 3.8) is 0 Å². The summed E-state index contributed by atoms with van der Waals surface area (Å²) in [5.41, 5.74) is -0.313. The van der Waals surface area contributed by atoms with Crippen LogP contribution in [0.4, 0.5) is 11.5 Å². The molecule has 0 saturated heterocycles. The molecule has 0 aliphatic carbocycles. The van der Waals surface area contributed by atoms with Crippen molar-refractivity contribution in [1.29, 1.82) is 0 Å². The van der Waals surface area contributed by atoms with E-state index in [9.17, 15) is 13.2 Å². The number of aliphatic hydroxyl groups is 1. The van der Waals surface area contributed by atoms with Crippen LogP contribution in [0.5, 0.6) is 0 Å². The van der Waals surface area contributed by atoms with E-state index in [-0.39, 0.29) is 35.1 Å². The van der Waals surface area contributed by atoms with Gasteiger partial charge in [-0.2, -0.15) is 8.42 Å². The van der Waals surface area contributed by atoms with E-state index in [0.29, 0.717) is 5.82 Å². The van der Waals surface area contributed by atoms with Gasteiger partial charge in [0.15, 0.2) is 0 Å². The third kappa shape index (κ3) is 4.86. The third-order valence-electron chi connectivity index (χ3n) is 2.75. The number of hydrogen-bond donors (Lipinski definition) is 4. The first-order chi connectivity index (χ1) is 11.3. The van der Waals surface area contributed by atoms with Gasteiger partial charge >= 0.3 is 10.3 Å². The predicted octanol–water partition coefficient (Wildman–Crippen LogP) is 0.980. The number of rotatable bonds is 7. The monoisotopic (exact) mass is 372 g/mol. The zero-order chi connectivity index (χ0) is 17.7. The fourth-order valence-electron chi connectivity index (χ4n) is 1.83. The highest BCUT2D eigenvalue weighted by Crippen LogP contribution is 2.22. The zero-order valence-corrected chi connectivity index (χ0v) is 13.7. The molecule has 2 heterocycles. The van der Waals surface area contributed by atoms with Crippen LogP contribution in [0.25, 0.3) is 0 Å². The number of pyridine rings is 2. The van der Waals surface area contributed by atoms with Crippen molar-refractivity contribution in [1.82, 2.24) is 9.97 Å². The Labute approximate surface area is 142 Å². The summed E-state index contributed by atoms with van der Waals surface area (Å²) in [6, 6.07) is 3.99. The Morgan fingerprint density at radius 2 is 2.04 bits per heavy atom. The maximum absolute atomic E-state index is 12.6. The smallest absolute Gasteiger partial charge is 0.357 e. The molecule has 0 spiro atoms. The number of aliphatic hydroxyl groups excluding tert-OH is 1. The summed E-state index contributed by atoms with van der Waals surface area (Å²) in [5.74, 6) is -0.250. The van der Waals surface area contributed by atoms with E-state index < -0.39 is 16.1 Å². The van der Waals surface area contributed by atoms with Crippen molar-refractivity contribution >= 4 is 39.2 Å². The second-order valence-electron chi connectivity index (χ2n) is 4.54. The molecule has 0 amide bonds. The standard InChI is InChI=1S/C13H13ClN4O5S/c14-9-6-10(18-24(21,22)23)12(17-7-9)13(20)8-1-2-15-11(5-8)16-3-4-19/h1-2,5-7,18-19H,3-4H2,(H,15,16)(H,21,22,23). The Kier molecular flexibility index (Phi) is 5.67. The largest absolute Gasteiger partial charge is 0.395 e. The maximum Gasteiger partial charge on any atom is 0.357 e. The molecule has 0 aromatic carbocycles. The van der Waals surface area contributed by atoms with E-state index in [1.807, 2.05) is 0 Å². The Morgan fingerprint density at radius 3 is 2.71 bits per heavy atom. The molecule has 2 aromatic heterocycles. The summed E-state index contributed by atoms with van der Waals surface area (Å²) in [6.45, 7) is 0.139. The van der Waals surface area contributed by atoms with Crippen LogP contribution in [-0.2, 0) is 10.3 Å². The van der Waals surface area contributed by atoms with E-state index in [2.05, 4.69) is 15.3 Å². The highest BCUT2D eigenvalue weighted by Gasteiger charge is 2.19. The molecule has 0 fully saturated rings. The van der Waals surface area contributed by atoms with Gasteiger partial charge in [-0.05, 0) is 18.2 Å². The molecule has 4 N–H and O–H groups in total. The topological polar surface area (TPSA) is 142 Å². The lowest BCUT2D eigenvalue weighted by atomic mass is 10.1. The number of anilines is 2. The van der Waals surface area contributed by atoms with Gasteiger partial charge in [-0.25, -0.2) is 9.97 Å². The van der Waals surface area contributed by atoms with Crippen molar-refractivity contribution in [2.24, 2.45) is 0 Å². The second kappa shape index (κ2) is 7.53. The lowest BCUT2D eigenvalue weighted by Gasteiger charge is -2.10. The van der Waals surface area contributed by atoms with Gasteiger partial charge in [-0.15, -0.1) is 0 Å². The number of carbonyl (C=O) groups excluding carboxylic acids is 1. The van der Waals surface area contributed by atoms with Crippen LogP contribution in [0, 0.1) is 0 Å². The van der Waals surface area contributed by atoms with Crippen LogP contribution < -0.4 is 10.0 Å². The summed E-state index contributed by atoms with van der Waals surface area (Å²) < 4.78 is 32.7. The first-order valence-corrected chi connectivity index (χ1v) is 8.38. The summed E-state index contributed by atoms with van der Waals surface area (Å²) in [5, 5.41) is 11.7. The summed E-state index contributed by atoms with van der Waals surface area (Å²) in [6.07, 6.45) is 2.55. The average Bonchev–Trinajstić information content (AvgIpc) is 2.51.